The largest absolute Gasteiger partial charge is 0.416 e. The number of hydrogen-bond donors (Lipinski definition) is 1. The number of carbonyl (C=O) groups is 1. The van der Waals surface area contributed by atoms with Crippen molar-refractivity contribution >= 4 is 21.6 Å². The van der Waals surface area contributed by atoms with Crippen molar-refractivity contribution in [1.29, 1.82) is 0 Å². The van der Waals surface area contributed by atoms with Crippen LogP contribution in [-0.2, 0) is 21.0 Å². The molecule has 0 bridgehead atoms. The highest BCUT2D eigenvalue weighted by Gasteiger charge is 2.31. The second-order valence-corrected chi connectivity index (χ2v) is 7.35. The lowest BCUT2D eigenvalue weighted by molar-refractivity contribution is -0.137. The van der Waals surface area contributed by atoms with Gasteiger partial charge in [-0.05, 0) is 37.1 Å². The van der Waals surface area contributed by atoms with Crippen molar-refractivity contribution in [1.82, 2.24) is 5.32 Å². The van der Waals surface area contributed by atoms with Crippen molar-refractivity contribution in [3.05, 3.63) is 29.8 Å². The van der Waals surface area contributed by atoms with Gasteiger partial charge in [-0.25, -0.2) is 8.42 Å². The summed E-state index contributed by atoms with van der Waals surface area (Å²) >= 11 is 0. The Morgan fingerprint density at radius 2 is 1.83 bits per heavy atom. The predicted molar refractivity (Wildman–Crippen MR) is 79.4 cm³/mol. The lowest BCUT2D eigenvalue weighted by atomic mass is 10.2. The van der Waals surface area contributed by atoms with E-state index in [9.17, 15) is 26.4 Å². The van der Waals surface area contributed by atoms with Crippen LogP contribution in [0.3, 0.4) is 0 Å². The van der Waals surface area contributed by atoms with Gasteiger partial charge in [-0.2, -0.15) is 13.2 Å². The lowest BCUT2D eigenvalue weighted by Gasteiger charge is -2.23. The molecule has 0 unspecified atom stereocenters. The van der Waals surface area contributed by atoms with Crippen LogP contribution in [0.1, 0.15) is 18.4 Å². The Morgan fingerprint density at radius 3 is 2.26 bits per heavy atom. The molecule has 2 rings (SSSR count). The van der Waals surface area contributed by atoms with Crippen LogP contribution < -0.4 is 9.62 Å². The summed E-state index contributed by atoms with van der Waals surface area (Å²) in [5.74, 6) is -0.112. The van der Waals surface area contributed by atoms with Crippen molar-refractivity contribution in [2.45, 2.75) is 19.0 Å². The highest BCUT2D eigenvalue weighted by molar-refractivity contribution is 7.92. The first-order valence-electron chi connectivity index (χ1n) is 7.02. The van der Waals surface area contributed by atoms with E-state index in [2.05, 4.69) is 5.32 Å². The van der Waals surface area contributed by atoms with Crippen molar-refractivity contribution < 1.29 is 26.4 Å². The summed E-state index contributed by atoms with van der Waals surface area (Å²) in [6, 6.07) is 3.87. The average molecular weight is 350 g/mol. The number of amides is 1. The summed E-state index contributed by atoms with van der Waals surface area (Å²) in [7, 11) is -3.67. The SMILES string of the molecule is CS(=O)(=O)N(CCNC(=O)C1CC1)c1ccc(C(F)(F)F)cc1. The first kappa shape index (κ1) is 17.6. The second-order valence-electron chi connectivity index (χ2n) is 5.45. The summed E-state index contributed by atoms with van der Waals surface area (Å²) < 4.78 is 62.3. The number of nitrogens with zero attached hydrogens (tertiary/aromatic N) is 1. The number of hydrogen-bond acceptors (Lipinski definition) is 3. The van der Waals surface area contributed by atoms with Crippen molar-refractivity contribution in [3.8, 4) is 0 Å². The number of carbonyl (C=O) groups excluding carboxylic acids is 1. The van der Waals surface area contributed by atoms with Gasteiger partial charge in [0.25, 0.3) is 0 Å². The van der Waals surface area contributed by atoms with Crippen LogP contribution in [0.15, 0.2) is 24.3 Å². The van der Waals surface area contributed by atoms with E-state index in [1.165, 1.54) is 0 Å². The van der Waals surface area contributed by atoms with Gasteiger partial charge in [0, 0.05) is 12.5 Å². The molecule has 9 heteroatoms. The first-order chi connectivity index (χ1) is 10.6. The number of anilines is 1. The third-order valence-electron chi connectivity index (χ3n) is 3.45. The number of halogens is 3. The summed E-state index contributed by atoms with van der Waals surface area (Å²) in [6.45, 7) is 0.0616. The van der Waals surface area contributed by atoms with Crippen molar-refractivity contribution in [3.63, 3.8) is 0 Å². The molecular weight excluding hydrogens is 333 g/mol. The Labute approximate surface area is 132 Å². The van der Waals surface area contributed by atoms with E-state index >= 15 is 0 Å². The summed E-state index contributed by atoms with van der Waals surface area (Å²) in [6.07, 6.45) is -1.85. The fraction of sp³-hybridized carbons (Fsp3) is 0.500. The fourth-order valence-corrected chi connectivity index (χ4v) is 3.00. The van der Waals surface area contributed by atoms with Crippen LogP contribution in [0.4, 0.5) is 18.9 Å². The third-order valence-corrected chi connectivity index (χ3v) is 4.64. The summed E-state index contributed by atoms with van der Waals surface area (Å²) in [5, 5.41) is 2.63. The van der Waals surface area contributed by atoms with Gasteiger partial charge < -0.3 is 5.32 Å². The fourth-order valence-electron chi connectivity index (χ4n) is 2.07. The minimum atomic E-state index is -4.48. The average Bonchev–Trinajstić information content (AvgIpc) is 3.25. The molecule has 1 aliphatic rings. The molecule has 1 aromatic rings. The van der Waals surface area contributed by atoms with Crippen molar-refractivity contribution in [2.24, 2.45) is 5.92 Å². The monoisotopic (exact) mass is 350 g/mol. The zero-order chi connectivity index (χ0) is 17.3. The Morgan fingerprint density at radius 1 is 1.26 bits per heavy atom. The van der Waals surface area contributed by atoms with Gasteiger partial charge >= 0.3 is 6.18 Å². The normalized spacial score (nSPS) is 15.3. The predicted octanol–water partition coefficient (Wildman–Crippen LogP) is 2.00. The quantitative estimate of drug-likeness (QED) is 0.853. The second kappa shape index (κ2) is 6.38. The summed E-state index contributed by atoms with van der Waals surface area (Å²) in [5.41, 5.74) is -0.724. The molecule has 0 aliphatic heterocycles. The lowest BCUT2D eigenvalue weighted by Crippen LogP contribution is -2.38. The Bertz CT molecular complexity index is 668. The minimum absolute atomic E-state index is 0.00718. The van der Waals surface area contributed by atoms with Crippen LogP contribution in [0.5, 0.6) is 0 Å². The Hall–Kier alpha value is -1.77. The highest BCUT2D eigenvalue weighted by atomic mass is 32.2. The molecule has 0 saturated heterocycles. The topological polar surface area (TPSA) is 66.5 Å². The van der Waals surface area contributed by atoms with Gasteiger partial charge in [0.05, 0.1) is 24.1 Å². The number of sulfonamides is 1. The van der Waals surface area contributed by atoms with Gasteiger partial charge in [0.1, 0.15) is 0 Å². The molecule has 23 heavy (non-hydrogen) atoms. The molecule has 5 nitrogen and oxygen atoms in total. The standard InChI is InChI=1S/C14H17F3N2O3S/c1-23(21,22)19(9-8-18-13(20)10-2-3-10)12-6-4-11(5-7-12)14(15,16)17/h4-7,10H,2-3,8-9H2,1H3,(H,18,20). The van der Waals surface area contributed by atoms with Gasteiger partial charge in [0.15, 0.2) is 0 Å². The molecular formula is C14H17F3N2O3S. The first-order valence-corrected chi connectivity index (χ1v) is 8.86. The highest BCUT2D eigenvalue weighted by Crippen LogP contribution is 2.31. The third kappa shape index (κ3) is 4.85. The maximum Gasteiger partial charge on any atom is 0.416 e. The van der Waals surface area contributed by atoms with E-state index in [1.54, 1.807) is 0 Å². The molecule has 0 heterocycles. The number of nitrogens with one attached hydrogen (secondary N) is 1. The number of benzene rings is 1. The van der Waals surface area contributed by atoms with Gasteiger partial charge in [-0.3, -0.25) is 9.10 Å². The van der Waals surface area contributed by atoms with Crippen LogP contribution >= 0.6 is 0 Å². The van der Waals surface area contributed by atoms with E-state index < -0.39 is 21.8 Å². The molecule has 1 saturated carbocycles. The van der Waals surface area contributed by atoms with Crippen LogP contribution in [0.25, 0.3) is 0 Å². The summed E-state index contributed by atoms with van der Waals surface area (Å²) in [4.78, 5) is 11.5. The van der Waals surface area contributed by atoms with E-state index in [1.807, 2.05) is 0 Å². The molecule has 1 fully saturated rings. The minimum Gasteiger partial charge on any atom is -0.354 e. The molecule has 1 aliphatic carbocycles. The Balaban J connectivity index is 2.07. The van der Waals surface area contributed by atoms with E-state index in [-0.39, 0.29) is 30.6 Å². The van der Waals surface area contributed by atoms with E-state index in [0.717, 1.165) is 47.7 Å². The van der Waals surface area contributed by atoms with E-state index in [4.69, 9.17) is 0 Å². The van der Waals surface area contributed by atoms with Crippen LogP contribution in [0, 0.1) is 5.92 Å². The van der Waals surface area contributed by atoms with Gasteiger partial charge in [-0.1, -0.05) is 0 Å². The molecule has 128 valence electrons. The van der Waals surface area contributed by atoms with Gasteiger partial charge in [0.2, 0.25) is 15.9 Å². The van der Waals surface area contributed by atoms with Gasteiger partial charge in [-0.15, -0.1) is 0 Å². The molecule has 0 radical (unpaired) electrons. The number of rotatable bonds is 6. The molecule has 0 atom stereocenters. The molecule has 1 amide bonds. The zero-order valence-electron chi connectivity index (χ0n) is 12.4. The molecule has 0 aromatic heterocycles. The zero-order valence-corrected chi connectivity index (χ0v) is 13.2. The molecule has 1 N–H and O–H groups in total. The molecule has 1 aromatic carbocycles. The maximum absolute atomic E-state index is 12.5. The smallest absolute Gasteiger partial charge is 0.354 e. The maximum atomic E-state index is 12.5. The van der Waals surface area contributed by atoms with Crippen LogP contribution in [-0.4, -0.2) is 33.7 Å². The van der Waals surface area contributed by atoms with Crippen LogP contribution in [0.2, 0.25) is 0 Å². The number of alkyl halides is 3. The Kier molecular flexibility index (Phi) is 4.88. The van der Waals surface area contributed by atoms with Crippen molar-refractivity contribution in [2.75, 3.05) is 23.7 Å². The molecule has 0 spiro atoms. The van der Waals surface area contributed by atoms with E-state index in [0.29, 0.717) is 0 Å².